The molecule has 1 fully saturated rings. The Morgan fingerprint density at radius 3 is 2.67 bits per heavy atom. The average molecular weight is 192 g/mol. The van der Waals surface area contributed by atoms with Gasteiger partial charge in [0.1, 0.15) is 0 Å². The van der Waals surface area contributed by atoms with E-state index in [-0.39, 0.29) is 18.4 Å². The van der Waals surface area contributed by atoms with Crippen molar-refractivity contribution in [2.75, 3.05) is 0 Å². The molecule has 1 aliphatic rings. The van der Waals surface area contributed by atoms with Gasteiger partial charge in [-0.05, 0) is 19.3 Å². The molecule has 0 aromatic carbocycles. The molecule has 0 radical (unpaired) electrons. The minimum atomic E-state index is -0.793. The Morgan fingerprint density at radius 2 is 2.25 bits per heavy atom. The molecule has 4 heteroatoms. The number of nitrogens with two attached hydrogens (primary N) is 1. The van der Waals surface area contributed by atoms with Crippen molar-refractivity contribution in [2.45, 2.75) is 25.3 Å². The molecule has 3 N–H and O–H groups in total. The third-order valence-corrected chi connectivity index (χ3v) is 2.17. The summed E-state index contributed by atoms with van der Waals surface area (Å²) in [5.74, 6) is -1.20. The van der Waals surface area contributed by atoms with Gasteiger partial charge in [-0.3, -0.25) is 4.79 Å². The predicted octanol–water partition coefficient (Wildman–Crippen LogP) is 1.18. The fraction of sp³-hybridized carbons (Fsp3) is 0.625. The van der Waals surface area contributed by atoms with Gasteiger partial charge in [0.05, 0.1) is 5.92 Å². The van der Waals surface area contributed by atoms with Gasteiger partial charge >= 0.3 is 5.97 Å². The van der Waals surface area contributed by atoms with Gasteiger partial charge in [-0.25, -0.2) is 0 Å². The summed E-state index contributed by atoms with van der Waals surface area (Å²) >= 11 is 0. The zero-order chi connectivity index (χ0) is 8.43. The largest absolute Gasteiger partial charge is 0.481 e. The van der Waals surface area contributed by atoms with E-state index < -0.39 is 11.9 Å². The molecule has 0 aromatic heterocycles. The number of halogens is 1. The van der Waals surface area contributed by atoms with E-state index in [9.17, 15) is 4.79 Å². The van der Waals surface area contributed by atoms with Crippen molar-refractivity contribution >= 4 is 18.4 Å². The van der Waals surface area contributed by atoms with E-state index in [1.54, 1.807) is 0 Å². The fourth-order valence-corrected chi connectivity index (χ4v) is 1.41. The van der Waals surface area contributed by atoms with Crippen LogP contribution in [-0.4, -0.2) is 17.1 Å². The molecule has 1 saturated carbocycles. The molecule has 0 aromatic rings. The van der Waals surface area contributed by atoms with E-state index >= 15 is 0 Å². The summed E-state index contributed by atoms with van der Waals surface area (Å²) in [6, 6.07) is -0.182. The number of carboxylic acids is 1. The molecule has 0 heterocycles. The molecule has 3 nitrogen and oxygen atoms in total. The van der Waals surface area contributed by atoms with Gasteiger partial charge in [0.2, 0.25) is 0 Å². The third-order valence-electron chi connectivity index (χ3n) is 2.17. The molecule has 0 unspecified atom stereocenters. The number of hydrogen-bond donors (Lipinski definition) is 2. The van der Waals surface area contributed by atoms with Crippen LogP contribution in [0.25, 0.3) is 0 Å². The van der Waals surface area contributed by atoms with Gasteiger partial charge in [0.15, 0.2) is 0 Å². The predicted molar refractivity (Wildman–Crippen MR) is 49.3 cm³/mol. The summed E-state index contributed by atoms with van der Waals surface area (Å²) in [5, 5.41) is 8.71. The van der Waals surface area contributed by atoms with Crippen molar-refractivity contribution in [3.8, 4) is 0 Å². The van der Waals surface area contributed by atoms with E-state index in [4.69, 9.17) is 10.8 Å². The van der Waals surface area contributed by atoms with Crippen LogP contribution in [-0.2, 0) is 4.79 Å². The molecule has 0 amide bonds. The first-order chi connectivity index (χ1) is 5.11. The zero-order valence-corrected chi connectivity index (χ0v) is 7.64. The number of allylic oxidation sites excluding steroid dienone is 1. The maximum absolute atomic E-state index is 10.6. The second-order valence-electron chi connectivity index (χ2n) is 3.10. The molecular formula is C8H14ClNO2. The van der Waals surface area contributed by atoms with Crippen molar-refractivity contribution < 1.29 is 9.90 Å². The molecule has 0 aliphatic heterocycles. The maximum Gasteiger partial charge on any atom is 0.308 e. The van der Waals surface area contributed by atoms with Crippen LogP contribution in [0.1, 0.15) is 19.3 Å². The Morgan fingerprint density at radius 1 is 1.67 bits per heavy atom. The van der Waals surface area contributed by atoms with Gasteiger partial charge < -0.3 is 10.8 Å². The lowest BCUT2D eigenvalue weighted by Crippen LogP contribution is -2.38. The summed E-state index contributed by atoms with van der Waals surface area (Å²) in [6.07, 6.45) is 2.19. The van der Waals surface area contributed by atoms with Crippen molar-refractivity contribution in [1.29, 1.82) is 0 Å². The molecule has 70 valence electrons. The smallest absolute Gasteiger partial charge is 0.308 e. The van der Waals surface area contributed by atoms with Crippen molar-refractivity contribution in [2.24, 2.45) is 11.7 Å². The Balaban J connectivity index is 0.00000121. The van der Waals surface area contributed by atoms with Crippen LogP contribution in [0.15, 0.2) is 12.2 Å². The summed E-state index contributed by atoms with van der Waals surface area (Å²) in [7, 11) is 0. The van der Waals surface area contributed by atoms with E-state index in [1.165, 1.54) is 0 Å². The molecule has 0 bridgehead atoms. The summed E-state index contributed by atoms with van der Waals surface area (Å²) in [5.41, 5.74) is 6.63. The molecule has 12 heavy (non-hydrogen) atoms. The summed E-state index contributed by atoms with van der Waals surface area (Å²) in [6.45, 7) is 3.76. The fourth-order valence-electron chi connectivity index (χ4n) is 1.41. The molecule has 0 saturated heterocycles. The lowest BCUT2D eigenvalue weighted by molar-refractivity contribution is -0.142. The van der Waals surface area contributed by atoms with Gasteiger partial charge in [-0.1, -0.05) is 12.2 Å². The first kappa shape index (κ1) is 11.5. The standard InChI is InChI=1S/C8H13NO2.ClH/c1-5-2-3-7(9)6(4-5)8(10)11;/h6-7H,1-4,9H2,(H,10,11);1H/t6-,7+;/m1./s1. The van der Waals surface area contributed by atoms with Crippen molar-refractivity contribution in [3.05, 3.63) is 12.2 Å². The normalized spacial score (nSPS) is 29.2. The second-order valence-corrected chi connectivity index (χ2v) is 3.10. The zero-order valence-electron chi connectivity index (χ0n) is 6.82. The quantitative estimate of drug-likeness (QED) is 0.612. The number of aliphatic carboxylic acids is 1. The second kappa shape index (κ2) is 4.48. The Labute approximate surface area is 78.0 Å². The summed E-state index contributed by atoms with van der Waals surface area (Å²) in [4.78, 5) is 10.6. The van der Waals surface area contributed by atoms with Crippen LogP contribution in [0.5, 0.6) is 0 Å². The number of rotatable bonds is 1. The highest BCUT2D eigenvalue weighted by atomic mass is 35.5. The van der Waals surface area contributed by atoms with Gasteiger partial charge in [-0.15, -0.1) is 12.4 Å². The van der Waals surface area contributed by atoms with Gasteiger partial charge in [0, 0.05) is 6.04 Å². The van der Waals surface area contributed by atoms with Crippen LogP contribution in [0.4, 0.5) is 0 Å². The van der Waals surface area contributed by atoms with Crippen LogP contribution in [0.3, 0.4) is 0 Å². The Hall–Kier alpha value is -0.540. The molecule has 2 atom stereocenters. The van der Waals surface area contributed by atoms with Gasteiger partial charge in [0.25, 0.3) is 0 Å². The van der Waals surface area contributed by atoms with Crippen LogP contribution < -0.4 is 5.73 Å². The van der Waals surface area contributed by atoms with Crippen molar-refractivity contribution in [3.63, 3.8) is 0 Å². The lowest BCUT2D eigenvalue weighted by atomic mass is 9.83. The molecule has 1 aliphatic carbocycles. The summed E-state index contributed by atoms with van der Waals surface area (Å²) < 4.78 is 0. The Kier molecular flexibility index (Phi) is 4.28. The number of hydrogen-bond acceptors (Lipinski definition) is 2. The first-order valence-electron chi connectivity index (χ1n) is 3.76. The number of carboxylic acid groups (broad SMARTS) is 1. The van der Waals surface area contributed by atoms with Gasteiger partial charge in [-0.2, -0.15) is 0 Å². The highest BCUT2D eigenvalue weighted by Gasteiger charge is 2.29. The number of carbonyl (C=O) groups is 1. The van der Waals surface area contributed by atoms with E-state index in [0.717, 1.165) is 18.4 Å². The minimum Gasteiger partial charge on any atom is -0.481 e. The van der Waals surface area contributed by atoms with E-state index in [1.807, 2.05) is 0 Å². The maximum atomic E-state index is 10.6. The van der Waals surface area contributed by atoms with Crippen molar-refractivity contribution in [1.82, 2.24) is 0 Å². The molecule has 1 rings (SSSR count). The highest BCUT2D eigenvalue weighted by molar-refractivity contribution is 5.85. The average Bonchev–Trinajstić information content (AvgIpc) is 1.94. The van der Waals surface area contributed by atoms with Crippen LogP contribution in [0.2, 0.25) is 0 Å². The molecular weight excluding hydrogens is 178 g/mol. The van der Waals surface area contributed by atoms with E-state index in [2.05, 4.69) is 6.58 Å². The SMILES string of the molecule is C=C1CC[C@H](N)[C@H](C(=O)O)C1.Cl. The minimum absolute atomic E-state index is 0. The lowest BCUT2D eigenvalue weighted by Gasteiger charge is -2.26. The first-order valence-corrected chi connectivity index (χ1v) is 3.76. The molecule has 0 spiro atoms. The Bertz CT molecular complexity index is 193. The van der Waals surface area contributed by atoms with Crippen LogP contribution >= 0.6 is 12.4 Å². The highest BCUT2D eigenvalue weighted by Crippen LogP contribution is 2.26. The van der Waals surface area contributed by atoms with Crippen LogP contribution in [0, 0.1) is 5.92 Å². The topological polar surface area (TPSA) is 63.3 Å². The monoisotopic (exact) mass is 191 g/mol. The third kappa shape index (κ3) is 2.50. The van der Waals surface area contributed by atoms with E-state index in [0.29, 0.717) is 6.42 Å².